The van der Waals surface area contributed by atoms with Gasteiger partial charge in [0.1, 0.15) is 5.75 Å². The molecule has 6 heteroatoms. The number of aromatic nitrogens is 1. The van der Waals surface area contributed by atoms with Crippen LogP contribution in [0.25, 0.3) is 27.4 Å². The Morgan fingerprint density at radius 2 is 1.97 bits per heavy atom. The van der Waals surface area contributed by atoms with E-state index in [0.29, 0.717) is 13.2 Å². The van der Waals surface area contributed by atoms with E-state index in [1.54, 1.807) is 23.1 Å². The van der Waals surface area contributed by atoms with Gasteiger partial charge in [-0.25, -0.2) is 4.98 Å². The third-order valence-electron chi connectivity index (χ3n) is 6.21. The molecule has 184 valence electrons. The van der Waals surface area contributed by atoms with Crippen LogP contribution in [0.2, 0.25) is 0 Å². The van der Waals surface area contributed by atoms with Gasteiger partial charge in [0.2, 0.25) is 5.91 Å². The minimum Gasteiger partial charge on any atom is -0.494 e. The number of carbonyl (C=O) groups excluding carboxylic acids is 1. The molecule has 0 fully saturated rings. The fourth-order valence-corrected chi connectivity index (χ4v) is 6.95. The average Bonchev–Trinajstić information content (AvgIpc) is 3.44. The molecule has 1 N–H and O–H groups in total. The van der Waals surface area contributed by atoms with Crippen LogP contribution in [0.1, 0.15) is 56.2 Å². The second-order valence-corrected chi connectivity index (χ2v) is 11.1. The molecule has 0 spiro atoms. The van der Waals surface area contributed by atoms with Crippen LogP contribution in [-0.4, -0.2) is 24.0 Å². The van der Waals surface area contributed by atoms with Gasteiger partial charge in [0, 0.05) is 17.0 Å². The highest BCUT2D eigenvalue weighted by Crippen LogP contribution is 2.51. The quantitative estimate of drug-likeness (QED) is 0.247. The van der Waals surface area contributed by atoms with Gasteiger partial charge in [-0.15, -0.1) is 11.3 Å². The monoisotopic (exact) mass is 514 g/mol. The van der Waals surface area contributed by atoms with Crippen LogP contribution < -0.4 is 10.1 Å². The number of thiazole rings is 1. The molecule has 36 heavy (non-hydrogen) atoms. The Labute approximate surface area is 220 Å². The maximum absolute atomic E-state index is 13.4. The van der Waals surface area contributed by atoms with Crippen molar-refractivity contribution in [3.8, 4) is 16.9 Å². The number of fused-ring (bicyclic) bond motifs is 4. The number of amides is 1. The zero-order valence-electron chi connectivity index (χ0n) is 20.8. The predicted octanol–water partition coefficient (Wildman–Crippen LogP) is 7.91. The van der Waals surface area contributed by atoms with E-state index in [-0.39, 0.29) is 11.8 Å². The minimum atomic E-state index is -0.304. The zero-order chi connectivity index (χ0) is 25.1. The van der Waals surface area contributed by atoms with Gasteiger partial charge >= 0.3 is 0 Å². The molecule has 0 saturated carbocycles. The summed E-state index contributed by atoms with van der Waals surface area (Å²) in [6.07, 6.45) is 6.19. The second-order valence-electron chi connectivity index (χ2n) is 8.75. The summed E-state index contributed by atoms with van der Waals surface area (Å²) < 4.78 is 7.77. The van der Waals surface area contributed by atoms with E-state index in [9.17, 15) is 4.79 Å². The first kappa shape index (κ1) is 24.6. The smallest absolute Gasteiger partial charge is 0.232 e. The van der Waals surface area contributed by atoms with E-state index in [0.717, 1.165) is 65.9 Å². The molecular weight excluding hydrogens is 484 g/mol. The van der Waals surface area contributed by atoms with Crippen LogP contribution in [0.4, 0.5) is 0 Å². The van der Waals surface area contributed by atoms with Crippen molar-refractivity contribution in [2.24, 2.45) is 0 Å². The maximum atomic E-state index is 13.4. The molecular formula is C30H30N2O2S2. The number of rotatable bonds is 9. The summed E-state index contributed by atoms with van der Waals surface area (Å²) in [5.74, 6) is 0.632. The summed E-state index contributed by atoms with van der Waals surface area (Å²) in [5, 5.41) is 3.14. The Bertz CT molecular complexity index is 1440. The predicted molar refractivity (Wildman–Crippen MR) is 151 cm³/mol. The third kappa shape index (κ3) is 4.80. The van der Waals surface area contributed by atoms with Crippen molar-refractivity contribution in [2.75, 3.05) is 13.2 Å². The van der Waals surface area contributed by atoms with Gasteiger partial charge in [0.15, 0.2) is 4.34 Å². The van der Waals surface area contributed by atoms with Crippen LogP contribution in [0.15, 0.2) is 69.9 Å². The number of carbonyl (C=O) groups is 1. The van der Waals surface area contributed by atoms with Gasteiger partial charge in [-0.2, -0.15) is 0 Å². The van der Waals surface area contributed by atoms with Crippen molar-refractivity contribution in [3.63, 3.8) is 0 Å². The molecule has 4 aromatic rings. The van der Waals surface area contributed by atoms with Crippen molar-refractivity contribution >= 4 is 45.3 Å². The summed E-state index contributed by atoms with van der Waals surface area (Å²) in [5.41, 5.74) is 6.52. The summed E-state index contributed by atoms with van der Waals surface area (Å²) in [6, 6.07) is 18.8. The molecule has 5 rings (SSSR count). The zero-order valence-corrected chi connectivity index (χ0v) is 22.5. The first-order valence-corrected chi connectivity index (χ1v) is 14.2. The Kier molecular flexibility index (Phi) is 7.44. The molecule has 1 aliphatic rings. The topological polar surface area (TPSA) is 51.2 Å². The number of ether oxygens (including phenoxy) is 1. The van der Waals surface area contributed by atoms with Gasteiger partial charge in [-0.1, -0.05) is 62.0 Å². The number of allylic oxidation sites excluding steroid dienone is 1. The van der Waals surface area contributed by atoms with Crippen LogP contribution >= 0.6 is 23.1 Å². The lowest BCUT2D eigenvalue weighted by Crippen LogP contribution is -2.29. The van der Waals surface area contributed by atoms with Crippen LogP contribution in [0.5, 0.6) is 5.75 Å². The summed E-state index contributed by atoms with van der Waals surface area (Å²) in [4.78, 5) is 19.4. The van der Waals surface area contributed by atoms with Gasteiger partial charge in [0.25, 0.3) is 0 Å². The minimum absolute atomic E-state index is 0.0686. The molecule has 0 saturated heterocycles. The highest BCUT2D eigenvalue weighted by atomic mass is 32.2. The lowest BCUT2D eigenvalue weighted by Gasteiger charge is -2.15. The van der Waals surface area contributed by atoms with Crippen LogP contribution in [0, 0.1) is 0 Å². The number of nitrogens with one attached hydrogen (secondary N) is 1. The normalized spacial score (nSPS) is 14.2. The van der Waals surface area contributed by atoms with Crippen molar-refractivity contribution < 1.29 is 9.53 Å². The molecule has 0 bridgehead atoms. The van der Waals surface area contributed by atoms with E-state index in [2.05, 4.69) is 67.7 Å². The highest BCUT2D eigenvalue weighted by molar-refractivity contribution is 8.01. The van der Waals surface area contributed by atoms with E-state index in [1.165, 1.54) is 0 Å². The average molecular weight is 515 g/mol. The first-order chi connectivity index (χ1) is 17.6. The summed E-state index contributed by atoms with van der Waals surface area (Å²) >= 11 is 3.36. The van der Waals surface area contributed by atoms with Crippen molar-refractivity contribution in [1.82, 2.24) is 10.3 Å². The Morgan fingerprint density at radius 1 is 1.11 bits per heavy atom. The Balaban J connectivity index is 1.62. The molecule has 0 radical (unpaired) electrons. The molecule has 4 nitrogen and oxygen atoms in total. The molecule has 0 aliphatic heterocycles. The standard InChI is InChI=1S/C30H30N2O2S2/c1-4-7-10-19-16-23-27(21-11-8-9-12-22(21)28(23)29(33)31-15-5-2)26(17-19)36-30-32-24-14-13-20(34-6-3)18-25(24)35-30/h7-14,16-18,28H,4-6,15H2,1-3H3,(H,31,33)/b10-7+. The Morgan fingerprint density at radius 3 is 2.78 bits per heavy atom. The van der Waals surface area contributed by atoms with Crippen molar-refractivity contribution in [1.29, 1.82) is 0 Å². The summed E-state index contributed by atoms with van der Waals surface area (Å²) in [7, 11) is 0. The molecule has 1 heterocycles. The van der Waals surface area contributed by atoms with E-state index >= 15 is 0 Å². The van der Waals surface area contributed by atoms with Gasteiger partial charge in [0.05, 0.1) is 22.7 Å². The maximum Gasteiger partial charge on any atom is 0.232 e. The van der Waals surface area contributed by atoms with Crippen molar-refractivity contribution in [3.05, 3.63) is 77.4 Å². The number of hydrogen-bond acceptors (Lipinski definition) is 5. The fraction of sp³-hybridized carbons (Fsp3) is 0.267. The molecule has 1 atom stereocenters. The molecule has 3 aromatic carbocycles. The third-order valence-corrected chi connectivity index (χ3v) is 8.33. The fourth-order valence-electron chi connectivity index (χ4n) is 4.66. The lowest BCUT2D eigenvalue weighted by molar-refractivity contribution is -0.121. The van der Waals surface area contributed by atoms with E-state index in [1.807, 2.05) is 25.1 Å². The number of nitrogens with zero attached hydrogens (tertiary/aromatic N) is 1. The number of benzene rings is 3. The first-order valence-electron chi connectivity index (χ1n) is 12.6. The second kappa shape index (κ2) is 10.9. The van der Waals surface area contributed by atoms with Crippen molar-refractivity contribution in [2.45, 2.75) is 48.8 Å². The van der Waals surface area contributed by atoms with Crippen LogP contribution in [-0.2, 0) is 4.79 Å². The van der Waals surface area contributed by atoms with Gasteiger partial charge < -0.3 is 10.1 Å². The van der Waals surface area contributed by atoms with Gasteiger partial charge in [-0.3, -0.25) is 4.79 Å². The molecule has 1 unspecified atom stereocenters. The number of hydrogen-bond donors (Lipinski definition) is 1. The van der Waals surface area contributed by atoms with Crippen LogP contribution in [0.3, 0.4) is 0 Å². The van der Waals surface area contributed by atoms with E-state index in [4.69, 9.17) is 9.72 Å². The largest absolute Gasteiger partial charge is 0.494 e. The molecule has 1 aliphatic carbocycles. The summed E-state index contributed by atoms with van der Waals surface area (Å²) in [6.45, 7) is 7.52. The van der Waals surface area contributed by atoms with E-state index < -0.39 is 0 Å². The SMILES string of the molecule is CC/C=C/c1cc(Sc2nc3ccc(OCC)cc3s2)c2c(c1)C(C(=O)NCCC)c1ccccc1-2. The van der Waals surface area contributed by atoms with Gasteiger partial charge in [-0.05, 0) is 72.4 Å². The molecule has 1 amide bonds. The highest BCUT2D eigenvalue weighted by Gasteiger charge is 2.35. The lowest BCUT2D eigenvalue weighted by atomic mass is 9.94. The molecule has 1 aromatic heterocycles. The Hall–Kier alpha value is -3.09.